The van der Waals surface area contributed by atoms with Crippen molar-refractivity contribution in [2.75, 3.05) is 0 Å². The van der Waals surface area contributed by atoms with Crippen LogP contribution < -0.4 is 5.43 Å². The van der Waals surface area contributed by atoms with Crippen LogP contribution in [-0.4, -0.2) is 17.1 Å². The van der Waals surface area contributed by atoms with Crippen LogP contribution in [0.3, 0.4) is 0 Å². The van der Waals surface area contributed by atoms with Crippen LogP contribution in [0.4, 0.5) is 0 Å². The van der Waals surface area contributed by atoms with E-state index in [1.807, 2.05) is 49.4 Å². The second-order valence-corrected chi connectivity index (χ2v) is 5.86. The van der Waals surface area contributed by atoms with Gasteiger partial charge in [0, 0.05) is 15.1 Å². The fraction of sp³-hybridized carbons (Fsp3) is 0.0625. The maximum atomic E-state index is 12.0. The summed E-state index contributed by atoms with van der Waals surface area (Å²) in [5, 5.41) is 4.96. The van der Waals surface area contributed by atoms with Gasteiger partial charge >= 0.3 is 0 Å². The lowest BCUT2D eigenvalue weighted by atomic mass is 10.2. The maximum Gasteiger partial charge on any atom is 0.289 e. The zero-order chi connectivity index (χ0) is 14.7. The summed E-state index contributed by atoms with van der Waals surface area (Å²) in [6.45, 7) is 2.03. The Hall–Kier alpha value is -2.53. The summed E-state index contributed by atoms with van der Waals surface area (Å²) >= 11 is 1.62. The molecule has 0 aliphatic heterocycles. The third-order valence-electron chi connectivity index (χ3n) is 2.95. The van der Waals surface area contributed by atoms with Crippen LogP contribution in [0.2, 0.25) is 0 Å². The number of nitrogens with one attached hydrogen (secondary N) is 1. The Morgan fingerprint density at radius 1 is 1.19 bits per heavy atom. The first kappa shape index (κ1) is 13.5. The van der Waals surface area contributed by atoms with Crippen LogP contribution in [0.15, 0.2) is 53.6 Å². The molecule has 1 N–H and O–H groups in total. The molecule has 4 nitrogen and oxygen atoms in total. The average Bonchev–Trinajstić information content (AvgIpc) is 2.92. The van der Waals surface area contributed by atoms with E-state index in [9.17, 15) is 4.79 Å². The molecule has 0 atom stereocenters. The van der Waals surface area contributed by atoms with E-state index in [0.29, 0.717) is 5.69 Å². The van der Waals surface area contributed by atoms with Gasteiger partial charge in [-0.3, -0.25) is 4.79 Å². The molecule has 0 unspecified atom stereocenters. The fourth-order valence-corrected chi connectivity index (χ4v) is 2.68. The molecule has 2 aromatic heterocycles. The molecule has 0 saturated heterocycles. The third-order valence-corrected chi connectivity index (χ3v) is 3.89. The number of fused-ring (bicyclic) bond motifs is 1. The van der Waals surface area contributed by atoms with Gasteiger partial charge in [-0.1, -0.05) is 24.3 Å². The molecule has 104 valence electrons. The van der Waals surface area contributed by atoms with Gasteiger partial charge in [0.05, 0.1) is 11.7 Å². The molecule has 0 fully saturated rings. The highest BCUT2D eigenvalue weighted by Crippen LogP contribution is 2.13. The first-order chi connectivity index (χ1) is 10.2. The first-order valence-corrected chi connectivity index (χ1v) is 7.30. The number of aryl methyl sites for hydroxylation is 1. The predicted molar refractivity (Wildman–Crippen MR) is 85.9 cm³/mol. The van der Waals surface area contributed by atoms with Gasteiger partial charge in [0.15, 0.2) is 0 Å². The molecule has 0 spiro atoms. The van der Waals surface area contributed by atoms with Gasteiger partial charge in [0.25, 0.3) is 5.91 Å². The molecular weight excluding hydrogens is 282 g/mol. The molecular formula is C16H13N3OS. The van der Waals surface area contributed by atoms with Crippen molar-refractivity contribution in [1.82, 2.24) is 10.4 Å². The van der Waals surface area contributed by atoms with Gasteiger partial charge in [-0.2, -0.15) is 5.10 Å². The molecule has 2 heterocycles. The molecule has 0 radical (unpaired) electrons. The number of hydrogen-bond acceptors (Lipinski definition) is 4. The average molecular weight is 295 g/mol. The second kappa shape index (κ2) is 5.85. The fourth-order valence-electron chi connectivity index (χ4n) is 1.93. The Labute approximate surface area is 126 Å². The van der Waals surface area contributed by atoms with Crippen molar-refractivity contribution < 1.29 is 4.79 Å². The highest BCUT2D eigenvalue weighted by atomic mass is 32.1. The molecule has 3 aromatic rings. The Morgan fingerprint density at radius 3 is 2.86 bits per heavy atom. The number of hydrazone groups is 1. The van der Waals surface area contributed by atoms with E-state index < -0.39 is 0 Å². The van der Waals surface area contributed by atoms with E-state index in [-0.39, 0.29) is 5.91 Å². The van der Waals surface area contributed by atoms with Crippen molar-refractivity contribution in [3.63, 3.8) is 0 Å². The van der Waals surface area contributed by atoms with Crippen molar-refractivity contribution in [1.29, 1.82) is 0 Å². The monoisotopic (exact) mass is 295 g/mol. The molecule has 0 aliphatic rings. The number of amides is 1. The summed E-state index contributed by atoms with van der Waals surface area (Å²) in [6, 6.07) is 15.2. The van der Waals surface area contributed by atoms with Crippen molar-refractivity contribution in [2.24, 2.45) is 5.10 Å². The van der Waals surface area contributed by atoms with Gasteiger partial charge in [0.1, 0.15) is 5.69 Å². The summed E-state index contributed by atoms with van der Waals surface area (Å²) in [6.07, 6.45) is 1.64. The smallest absolute Gasteiger partial charge is 0.266 e. The van der Waals surface area contributed by atoms with Crippen molar-refractivity contribution in [3.8, 4) is 0 Å². The van der Waals surface area contributed by atoms with E-state index >= 15 is 0 Å². The number of rotatable bonds is 3. The van der Waals surface area contributed by atoms with Gasteiger partial charge in [0.2, 0.25) is 0 Å². The number of pyridine rings is 1. The standard InChI is InChI=1S/C16H13N3OS/c1-11-6-8-13(21-11)10-17-19-16(20)15-9-7-12-4-2-3-5-14(12)18-15/h2-10H,1H3,(H,19,20)/b17-10+. The van der Waals surface area contributed by atoms with Gasteiger partial charge in [-0.05, 0) is 31.2 Å². The van der Waals surface area contributed by atoms with Crippen LogP contribution in [0.1, 0.15) is 20.2 Å². The molecule has 0 aliphatic carbocycles. The second-order valence-electron chi connectivity index (χ2n) is 4.54. The summed E-state index contributed by atoms with van der Waals surface area (Å²) in [4.78, 5) is 18.5. The number of carbonyl (C=O) groups is 1. The number of thiophene rings is 1. The number of carbonyl (C=O) groups excluding carboxylic acids is 1. The zero-order valence-electron chi connectivity index (χ0n) is 11.4. The minimum Gasteiger partial charge on any atom is -0.266 e. The summed E-state index contributed by atoms with van der Waals surface area (Å²) in [5.74, 6) is -0.315. The Balaban J connectivity index is 1.73. The maximum absolute atomic E-state index is 12.0. The third kappa shape index (κ3) is 3.14. The lowest BCUT2D eigenvalue weighted by Gasteiger charge is -2.01. The summed E-state index contributed by atoms with van der Waals surface area (Å²) in [5.41, 5.74) is 3.65. The minimum atomic E-state index is -0.315. The Kier molecular flexibility index (Phi) is 3.75. The minimum absolute atomic E-state index is 0.315. The Morgan fingerprint density at radius 2 is 2.05 bits per heavy atom. The van der Waals surface area contributed by atoms with Crippen LogP contribution in [0.5, 0.6) is 0 Å². The first-order valence-electron chi connectivity index (χ1n) is 6.48. The van der Waals surface area contributed by atoms with Crippen LogP contribution >= 0.6 is 11.3 Å². The molecule has 5 heteroatoms. The molecule has 0 saturated carbocycles. The molecule has 3 rings (SSSR count). The van der Waals surface area contributed by atoms with Crippen molar-refractivity contribution >= 4 is 34.4 Å². The summed E-state index contributed by atoms with van der Waals surface area (Å²) in [7, 11) is 0. The summed E-state index contributed by atoms with van der Waals surface area (Å²) < 4.78 is 0. The number of aromatic nitrogens is 1. The lowest BCUT2D eigenvalue weighted by molar-refractivity contribution is 0.0950. The topological polar surface area (TPSA) is 54.4 Å². The zero-order valence-corrected chi connectivity index (χ0v) is 12.2. The van der Waals surface area contributed by atoms with Crippen LogP contribution in [0, 0.1) is 6.92 Å². The highest BCUT2D eigenvalue weighted by Gasteiger charge is 2.06. The highest BCUT2D eigenvalue weighted by molar-refractivity contribution is 7.13. The van der Waals surface area contributed by atoms with Gasteiger partial charge in [-0.25, -0.2) is 10.4 Å². The SMILES string of the molecule is Cc1ccc(/C=N/NC(=O)c2ccc3ccccc3n2)s1. The Bertz CT molecular complexity index is 823. The largest absolute Gasteiger partial charge is 0.289 e. The van der Waals surface area contributed by atoms with E-state index in [2.05, 4.69) is 15.5 Å². The number of para-hydroxylation sites is 1. The number of benzene rings is 1. The van der Waals surface area contributed by atoms with Gasteiger partial charge in [-0.15, -0.1) is 11.3 Å². The van der Waals surface area contributed by atoms with E-state index in [1.165, 1.54) is 4.88 Å². The van der Waals surface area contributed by atoms with Crippen LogP contribution in [0.25, 0.3) is 10.9 Å². The molecule has 1 amide bonds. The van der Waals surface area contributed by atoms with Crippen molar-refractivity contribution in [3.05, 3.63) is 64.0 Å². The van der Waals surface area contributed by atoms with Gasteiger partial charge < -0.3 is 0 Å². The van der Waals surface area contributed by atoms with E-state index in [4.69, 9.17) is 0 Å². The molecule has 21 heavy (non-hydrogen) atoms. The number of nitrogens with zero attached hydrogens (tertiary/aromatic N) is 2. The van der Waals surface area contributed by atoms with E-state index in [1.54, 1.807) is 23.6 Å². The van der Waals surface area contributed by atoms with Crippen LogP contribution in [-0.2, 0) is 0 Å². The molecule has 0 bridgehead atoms. The molecule has 1 aromatic carbocycles. The normalized spacial score (nSPS) is 11.1. The number of hydrogen-bond donors (Lipinski definition) is 1. The van der Waals surface area contributed by atoms with E-state index in [0.717, 1.165) is 15.8 Å². The van der Waals surface area contributed by atoms with Crippen molar-refractivity contribution in [2.45, 2.75) is 6.92 Å². The predicted octanol–water partition coefficient (Wildman–Crippen LogP) is 3.37. The lowest BCUT2D eigenvalue weighted by Crippen LogP contribution is -2.18. The quantitative estimate of drug-likeness (QED) is 0.595.